The van der Waals surface area contributed by atoms with Gasteiger partial charge >= 0.3 is 5.97 Å². The summed E-state index contributed by atoms with van der Waals surface area (Å²) in [6.45, 7) is 5.08. The minimum absolute atomic E-state index is 0.102. The number of fused-ring (bicyclic) bond motifs is 2. The van der Waals surface area contributed by atoms with E-state index in [4.69, 9.17) is 9.47 Å². The van der Waals surface area contributed by atoms with E-state index < -0.39 is 0 Å². The van der Waals surface area contributed by atoms with Gasteiger partial charge < -0.3 is 14.4 Å². The second-order valence-corrected chi connectivity index (χ2v) is 8.18. The van der Waals surface area contributed by atoms with E-state index in [0.717, 1.165) is 36.2 Å². The van der Waals surface area contributed by atoms with Gasteiger partial charge in [0.25, 0.3) is 0 Å². The topological polar surface area (TPSA) is 51.7 Å². The number of hydrogen-bond acceptors (Lipinski definition) is 5. The Morgan fingerprint density at radius 3 is 2.85 bits per heavy atom. The summed E-state index contributed by atoms with van der Waals surface area (Å²) in [7, 11) is 3.84. The van der Waals surface area contributed by atoms with Crippen molar-refractivity contribution >= 4 is 22.7 Å². The average Bonchev–Trinajstić information content (AvgIpc) is 2.65. The Labute approximate surface area is 154 Å². The molecule has 2 aromatic rings. The maximum absolute atomic E-state index is 13.1. The number of nitrogens with zero attached hydrogens (tertiary/aromatic N) is 2. The number of aromatic nitrogens is 1. The van der Waals surface area contributed by atoms with Crippen LogP contribution < -0.4 is 4.90 Å². The molecule has 0 radical (unpaired) electrons. The van der Waals surface area contributed by atoms with Crippen LogP contribution in [0.2, 0.25) is 0 Å². The number of carbonyl (C=O) groups is 1. The summed E-state index contributed by atoms with van der Waals surface area (Å²) in [5, 5.41) is 0.830. The summed E-state index contributed by atoms with van der Waals surface area (Å²) in [6, 6.07) is 9.54. The molecule has 0 N–H and O–H groups in total. The van der Waals surface area contributed by atoms with E-state index in [1.165, 1.54) is 0 Å². The van der Waals surface area contributed by atoms with Crippen LogP contribution in [0.4, 0.5) is 5.82 Å². The smallest absolute Gasteiger partial charge is 0.339 e. The highest BCUT2D eigenvalue weighted by atomic mass is 16.6. The molecule has 2 fully saturated rings. The highest BCUT2D eigenvalue weighted by molar-refractivity contribution is 6.04. The van der Waals surface area contributed by atoms with Gasteiger partial charge in [0.2, 0.25) is 0 Å². The highest BCUT2D eigenvalue weighted by Gasteiger charge is 2.60. The molecule has 5 heteroatoms. The van der Waals surface area contributed by atoms with Gasteiger partial charge in [-0.25, -0.2) is 9.78 Å². The lowest BCUT2D eigenvalue weighted by Crippen LogP contribution is -2.65. The summed E-state index contributed by atoms with van der Waals surface area (Å²) in [6.07, 6.45) is 2.19. The fourth-order valence-electron chi connectivity index (χ4n) is 4.45. The van der Waals surface area contributed by atoms with E-state index in [1.807, 2.05) is 49.3 Å². The van der Waals surface area contributed by atoms with Crippen molar-refractivity contribution in [2.24, 2.45) is 11.3 Å². The number of rotatable bonds is 3. The first kappa shape index (κ1) is 17.3. The van der Waals surface area contributed by atoms with Crippen molar-refractivity contribution in [1.82, 2.24) is 4.98 Å². The summed E-state index contributed by atoms with van der Waals surface area (Å²) < 4.78 is 12.0. The standard InChI is InChI=1S/C21H26N2O3/c1-21(2)18-14(9-7-11-25-18)19(21)26-20(24)15-12-17(23(3)4)22-16-10-6-5-8-13(15)16/h5-6,8,10,12,14,18-19H,7,9,11H2,1-4H3. The van der Waals surface area contributed by atoms with Crippen molar-refractivity contribution < 1.29 is 14.3 Å². The van der Waals surface area contributed by atoms with Crippen LogP contribution in [-0.4, -0.2) is 43.9 Å². The van der Waals surface area contributed by atoms with Crippen LogP contribution in [0.1, 0.15) is 37.0 Å². The average molecular weight is 354 g/mol. The molecule has 3 atom stereocenters. The Morgan fingerprint density at radius 2 is 2.08 bits per heavy atom. The number of para-hydroxylation sites is 1. The van der Waals surface area contributed by atoms with Gasteiger partial charge in [0.05, 0.1) is 17.2 Å². The molecular weight excluding hydrogens is 328 g/mol. The molecule has 0 spiro atoms. The molecule has 1 aromatic heterocycles. The molecule has 3 unspecified atom stereocenters. The molecule has 5 nitrogen and oxygen atoms in total. The molecule has 1 aliphatic carbocycles. The largest absolute Gasteiger partial charge is 0.458 e. The first-order valence-corrected chi connectivity index (χ1v) is 9.29. The maximum Gasteiger partial charge on any atom is 0.339 e. The van der Waals surface area contributed by atoms with Crippen LogP contribution in [0.3, 0.4) is 0 Å². The van der Waals surface area contributed by atoms with Crippen LogP contribution in [0, 0.1) is 11.3 Å². The fraction of sp³-hybridized carbons (Fsp3) is 0.524. The van der Waals surface area contributed by atoms with E-state index in [2.05, 4.69) is 18.8 Å². The van der Waals surface area contributed by atoms with E-state index >= 15 is 0 Å². The summed E-state index contributed by atoms with van der Waals surface area (Å²) in [5.41, 5.74) is 1.24. The fourth-order valence-corrected chi connectivity index (χ4v) is 4.45. The molecule has 2 heterocycles. The third-order valence-corrected chi connectivity index (χ3v) is 5.84. The Balaban J connectivity index is 1.66. The lowest BCUT2D eigenvalue weighted by atomic mass is 9.56. The normalized spacial score (nSPS) is 26.7. The number of carbonyl (C=O) groups excluding carboxylic acids is 1. The number of ether oxygens (including phenoxy) is 2. The van der Waals surface area contributed by atoms with E-state index in [0.29, 0.717) is 11.5 Å². The number of esters is 1. The molecule has 2 aliphatic rings. The highest BCUT2D eigenvalue weighted by Crippen LogP contribution is 2.53. The molecule has 1 aliphatic heterocycles. The first-order chi connectivity index (χ1) is 12.4. The lowest BCUT2D eigenvalue weighted by molar-refractivity contribution is -0.243. The zero-order chi connectivity index (χ0) is 18.5. The number of benzene rings is 1. The predicted octanol–water partition coefficient (Wildman–Crippen LogP) is 3.66. The van der Waals surface area contributed by atoms with Crippen molar-refractivity contribution in [3.05, 3.63) is 35.9 Å². The molecule has 138 valence electrons. The van der Waals surface area contributed by atoms with Gasteiger partial charge in [0.1, 0.15) is 11.9 Å². The minimum Gasteiger partial charge on any atom is -0.458 e. The van der Waals surface area contributed by atoms with Gasteiger partial charge in [-0.15, -0.1) is 0 Å². The quantitative estimate of drug-likeness (QED) is 0.788. The van der Waals surface area contributed by atoms with Gasteiger partial charge in [0, 0.05) is 37.4 Å². The predicted molar refractivity (Wildman–Crippen MR) is 102 cm³/mol. The second kappa shape index (κ2) is 6.23. The Bertz CT molecular complexity index is 846. The van der Waals surface area contributed by atoms with Crippen molar-refractivity contribution in [2.45, 2.75) is 38.9 Å². The Kier molecular flexibility index (Phi) is 4.14. The maximum atomic E-state index is 13.1. The van der Waals surface area contributed by atoms with E-state index in [1.54, 1.807) is 0 Å². The van der Waals surface area contributed by atoms with Crippen molar-refractivity contribution in [1.29, 1.82) is 0 Å². The molecule has 0 bridgehead atoms. The molecule has 1 saturated carbocycles. The third kappa shape index (κ3) is 2.65. The molecular formula is C21H26N2O3. The van der Waals surface area contributed by atoms with E-state index in [9.17, 15) is 4.79 Å². The number of anilines is 1. The molecule has 4 rings (SSSR count). The Morgan fingerprint density at radius 1 is 1.31 bits per heavy atom. The van der Waals surface area contributed by atoms with Gasteiger partial charge in [-0.2, -0.15) is 0 Å². The van der Waals surface area contributed by atoms with E-state index in [-0.39, 0.29) is 23.6 Å². The van der Waals surface area contributed by atoms with Gasteiger partial charge in [-0.05, 0) is 25.0 Å². The van der Waals surface area contributed by atoms with Gasteiger partial charge in [-0.1, -0.05) is 32.0 Å². The molecule has 1 aromatic carbocycles. The summed E-state index contributed by atoms with van der Waals surface area (Å²) in [5.74, 6) is 0.792. The molecule has 0 amide bonds. The van der Waals surface area contributed by atoms with Gasteiger partial charge in [0.15, 0.2) is 0 Å². The Hall–Kier alpha value is -2.14. The zero-order valence-electron chi connectivity index (χ0n) is 15.9. The first-order valence-electron chi connectivity index (χ1n) is 9.29. The zero-order valence-corrected chi connectivity index (χ0v) is 15.9. The van der Waals surface area contributed by atoms with Gasteiger partial charge in [-0.3, -0.25) is 0 Å². The van der Waals surface area contributed by atoms with Crippen molar-refractivity contribution in [3.63, 3.8) is 0 Å². The van der Waals surface area contributed by atoms with Crippen LogP contribution in [0.5, 0.6) is 0 Å². The minimum atomic E-state index is -0.270. The SMILES string of the molecule is CN(C)c1cc(C(=O)OC2C3CCCOC3C2(C)C)c2ccccc2n1. The van der Waals surface area contributed by atoms with Crippen LogP contribution >= 0.6 is 0 Å². The monoisotopic (exact) mass is 354 g/mol. The van der Waals surface area contributed by atoms with Crippen LogP contribution in [0.15, 0.2) is 30.3 Å². The lowest BCUT2D eigenvalue weighted by Gasteiger charge is -2.58. The molecule has 1 saturated heterocycles. The third-order valence-electron chi connectivity index (χ3n) is 5.84. The van der Waals surface area contributed by atoms with Crippen LogP contribution in [0.25, 0.3) is 10.9 Å². The molecule has 26 heavy (non-hydrogen) atoms. The summed E-state index contributed by atoms with van der Waals surface area (Å²) in [4.78, 5) is 19.6. The summed E-state index contributed by atoms with van der Waals surface area (Å²) >= 11 is 0. The van der Waals surface area contributed by atoms with Crippen molar-refractivity contribution in [3.8, 4) is 0 Å². The van der Waals surface area contributed by atoms with Crippen molar-refractivity contribution in [2.75, 3.05) is 25.6 Å². The van der Waals surface area contributed by atoms with Crippen LogP contribution in [-0.2, 0) is 9.47 Å². The second-order valence-electron chi connectivity index (χ2n) is 8.18. The number of hydrogen-bond donors (Lipinski definition) is 0. The number of pyridine rings is 1.